The third-order valence-corrected chi connectivity index (χ3v) is 5.41. The number of hydrogen-bond donors (Lipinski definition) is 3. The third-order valence-electron chi connectivity index (χ3n) is 5.41. The molecule has 0 spiro atoms. The Morgan fingerprint density at radius 3 is 2.65 bits per heavy atom. The van der Waals surface area contributed by atoms with E-state index in [1.165, 1.54) is 0 Å². The molecule has 31 heavy (non-hydrogen) atoms. The molecule has 1 aliphatic heterocycles. The maximum absolute atomic E-state index is 8.68. The lowest BCUT2D eigenvalue weighted by molar-refractivity contribution is 0.521. The average molecular weight is 417 g/mol. The largest absolute Gasteiger partial charge is 0.393 e. The van der Waals surface area contributed by atoms with Crippen molar-refractivity contribution in [3.05, 3.63) is 54.0 Å². The monoisotopic (exact) mass is 416 g/mol. The number of hydrogen-bond acceptors (Lipinski definition) is 7. The third kappa shape index (κ3) is 4.63. The van der Waals surface area contributed by atoms with Crippen LogP contribution in [0.4, 0.5) is 11.6 Å². The zero-order valence-corrected chi connectivity index (χ0v) is 18.2. The summed E-state index contributed by atoms with van der Waals surface area (Å²) in [6.45, 7) is 6.09. The van der Waals surface area contributed by atoms with Crippen LogP contribution in [0.25, 0.3) is 16.6 Å². The van der Waals surface area contributed by atoms with Gasteiger partial charge in [-0.05, 0) is 48.6 Å². The van der Waals surface area contributed by atoms with Crippen molar-refractivity contribution in [1.82, 2.24) is 30.4 Å². The van der Waals surface area contributed by atoms with Crippen LogP contribution in [-0.4, -0.2) is 51.0 Å². The first kappa shape index (κ1) is 20.7. The Balaban J connectivity index is 1.64. The molecule has 8 heteroatoms. The molecule has 0 amide bonds. The van der Waals surface area contributed by atoms with Gasteiger partial charge in [0.15, 0.2) is 5.82 Å². The lowest BCUT2D eigenvalue weighted by Crippen LogP contribution is -2.28. The van der Waals surface area contributed by atoms with E-state index in [2.05, 4.69) is 44.6 Å². The van der Waals surface area contributed by atoms with E-state index in [1.54, 1.807) is 6.20 Å². The highest BCUT2D eigenvalue weighted by Gasteiger charge is 2.20. The van der Waals surface area contributed by atoms with Gasteiger partial charge in [-0.15, -0.1) is 5.10 Å². The van der Waals surface area contributed by atoms with E-state index >= 15 is 0 Å². The molecule has 0 atom stereocenters. The number of pyridine rings is 2. The standard InChI is InChI=1S/C23H28N8/c1-15(2)16-11-22(30-27-13-16)29-21-7-6-19-20(28-21)10-17(12-26-19)18(14-25-3)23(24)31-8-4-5-9-31/h6-7,10-15,24-25H,4-5,8-9H2,1-3H3,(H,28,29,30)/b18-14-,24-23?. The lowest BCUT2D eigenvalue weighted by atomic mass is 10.1. The minimum Gasteiger partial charge on any atom is -0.393 e. The Bertz CT molecular complexity index is 1120. The van der Waals surface area contributed by atoms with Crippen LogP contribution in [0.1, 0.15) is 43.7 Å². The molecule has 0 radical (unpaired) electrons. The molecule has 0 bridgehead atoms. The summed E-state index contributed by atoms with van der Waals surface area (Å²) in [7, 11) is 1.85. The normalized spacial score (nSPS) is 14.3. The number of nitrogens with zero attached hydrogens (tertiary/aromatic N) is 5. The topological polar surface area (TPSA) is 103 Å². The summed E-state index contributed by atoms with van der Waals surface area (Å²) in [5, 5.41) is 23.2. The summed E-state index contributed by atoms with van der Waals surface area (Å²) in [5.41, 5.74) is 4.35. The first-order chi connectivity index (χ1) is 15.0. The number of fused-ring (bicyclic) bond motifs is 1. The molecule has 4 heterocycles. The van der Waals surface area contributed by atoms with Crippen molar-refractivity contribution in [2.45, 2.75) is 32.6 Å². The fourth-order valence-electron chi connectivity index (χ4n) is 3.66. The Morgan fingerprint density at radius 2 is 1.90 bits per heavy atom. The van der Waals surface area contributed by atoms with Crippen molar-refractivity contribution >= 4 is 34.1 Å². The van der Waals surface area contributed by atoms with Crippen molar-refractivity contribution < 1.29 is 0 Å². The minimum atomic E-state index is 0.371. The molecule has 1 fully saturated rings. The van der Waals surface area contributed by atoms with Gasteiger partial charge in [0.2, 0.25) is 0 Å². The van der Waals surface area contributed by atoms with Gasteiger partial charge in [-0.1, -0.05) is 13.8 Å². The van der Waals surface area contributed by atoms with Gasteiger partial charge >= 0.3 is 0 Å². The van der Waals surface area contributed by atoms with Gasteiger partial charge < -0.3 is 15.5 Å². The van der Waals surface area contributed by atoms with Gasteiger partial charge in [0, 0.05) is 43.7 Å². The fraction of sp³-hybridized carbons (Fsp3) is 0.348. The molecular formula is C23H28N8. The number of likely N-dealkylation sites (tertiary alicyclic amines) is 1. The molecule has 8 nitrogen and oxygen atoms in total. The maximum Gasteiger partial charge on any atom is 0.154 e. The molecule has 0 unspecified atom stereocenters. The summed E-state index contributed by atoms with van der Waals surface area (Å²) in [5.74, 6) is 2.22. The van der Waals surface area contributed by atoms with Crippen LogP contribution in [-0.2, 0) is 0 Å². The molecule has 0 aromatic carbocycles. The van der Waals surface area contributed by atoms with Gasteiger partial charge in [-0.25, -0.2) is 4.98 Å². The number of nitrogens with one attached hydrogen (secondary N) is 3. The van der Waals surface area contributed by atoms with Crippen LogP contribution < -0.4 is 10.6 Å². The quantitative estimate of drug-likeness (QED) is 0.413. The highest BCUT2D eigenvalue weighted by atomic mass is 15.2. The zero-order valence-electron chi connectivity index (χ0n) is 18.2. The van der Waals surface area contributed by atoms with E-state index in [0.29, 0.717) is 23.4 Å². The highest BCUT2D eigenvalue weighted by molar-refractivity contribution is 6.21. The molecule has 4 rings (SSSR count). The fourth-order valence-corrected chi connectivity index (χ4v) is 3.66. The van der Waals surface area contributed by atoms with Gasteiger partial charge in [0.1, 0.15) is 11.7 Å². The van der Waals surface area contributed by atoms with Gasteiger partial charge in [-0.2, -0.15) is 5.10 Å². The van der Waals surface area contributed by atoms with E-state index in [1.807, 2.05) is 43.7 Å². The second kappa shape index (κ2) is 9.07. The SMILES string of the molecule is CN/C=C(\C(=N)N1CCCC1)c1cnc2ccc(Nc3cc(C(C)C)cnn3)nc2c1. The molecule has 1 aliphatic rings. The molecule has 3 aromatic rings. The minimum absolute atomic E-state index is 0.371. The highest BCUT2D eigenvalue weighted by Crippen LogP contribution is 2.24. The van der Waals surface area contributed by atoms with E-state index in [-0.39, 0.29) is 0 Å². The smallest absolute Gasteiger partial charge is 0.154 e. The van der Waals surface area contributed by atoms with Gasteiger partial charge in [0.05, 0.1) is 17.2 Å². The summed E-state index contributed by atoms with van der Waals surface area (Å²) in [6, 6.07) is 7.79. The zero-order chi connectivity index (χ0) is 21.8. The molecule has 0 saturated carbocycles. The Kier molecular flexibility index (Phi) is 6.06. The van der Waals surface area contributed by atoms with Crippen molar-refractivity contribution in [2.24, 2.45) is 0 Å². The molecule has 160 valence electrons. The van der Waals surface area contributed by atoms with Crippen molar-refractivity contribution in [2.75, 3.05) is 25.5 Å². The van der Waals surface area contributed by atoms with Crippen molar-refractivity contribution in [3.63, 3.8) is 0 Å². The second-order valence-electron chi connectivity index (χ2n) is 8.00. The second-order valence-corrected chi connectivity index (χ2v) is 8.00. The van der Waals surface area contributed by atoms with E-state index in [4.69, 9.17) is 10.4 Å². The molecule has 0 aliphatic carbocycles. The average Bonchev–Trinajstić information content (AvgIpc) is 3.32. The Labute approximate surface area is 182 Å². The first-order valence-electron chi connectivity index (χ1n) is 10.6. The summed E-state index contributed by atoms with van der Waals surface area (Å²) >= 11 is 0. The van der Waals surface area contributed by atoms with Crippen LogP contribution in [0.15, 0.2) is 42.9 Å². The number of aromatic nitrogens is 4. The predicted molar refractivity (Wildman–Crippen MR) is 125 cm³/mol. The van der Waals surface area contributed by atoms with E-state index in [0.717, 1.165) is 53.7 Å². The number of anilines is 2. The molecular weight excluding hydrogens is 388 g/mol. The van der Waals surface area contributed by atoms with Crippen molar-refractivity contribution in [1.29, 1.82) is 5.41 Å². The number of rotatable bonds is 6. The molecule has 1 saturated heterocycles. The summed E-state index contributed by atoms with van der Waals surface area (Å²) in [6.07, 6.45) is 7.71. The van der Waals surface area contributed by atoms with Crippen LogP contribution >= 0.6 is 0 Å². The van der Waals surface area contributed by atoms with Crippen LogP contribution in [0, 0.1) is 5.41 Å². The summed E-state index contributed by atoms with van der Waals surface area (Å²) < 4.78 is 0. The van der Waals surface area contributed by atoms with Crippen molar-refractivity contribution in [3.8, 4) is 0 Å². The summed E-state index contributed by atoms with van der Waals surface area (Å²) in [4.78, 5) is 11.4. The Morgan fingerprint density at radius 1 is 1.10 bits per heavy atom. The maximum atomic E-state index is 8.68. The first-order valence-corrected chi connectivity index (χ1v) is 10.6. The lowest BCUT2D eigenvalue weighted by Gasteiger charge is -2.21. The molecule has 3 N–H and O–H groups in total. The van der Waals surface area contributed by atoms with Gasteiger partial charge in [0.25, 0.3) is 0 Å². The predicted octanol–water partition coefficient (Wildman–Crippen LogP) is 3.92. The number of amidine groups is 1. The van der Waals surface area contributed by atoms with Crippen LogP contribution in [0.5, 0.6) is 0 Å². The van der Waals surface area contributed by atoms with E-state index in [9.17, 15) is 0 Å². The van der Waals surface area contributed by atoms with E-state index < -0.39 is 0 Å². The van der Waals surface area contributed by atoms with Crippen LogP contribution in [0.2, 0.25) is 0 Å². The Hall–Kier alpha value is -3.55. The molecule has 3 aromatic heterocycles. The van der Waals surface area contributed by atoms with Gasteiger partial charge in [-0.3, -0.25) is 10.4 Å². The van der Waals surface area contributed by atoms with Crippen LogP contribution in [0.3, 0.4) is 0 Å².